The first kappa shape index (κ1) is 15.9. The first-order valence-electron chi connectivity index (χ1n) is 8.24. The lowest BCUT2D eigenvalue weighted by molar-refractivity contribution is -0.115. The number of hydrogen-bond acceptors (Lipinski definition) is 6. The summed E-state index contributed by atoms with van der Waals surface area (Å²) in [5.41, 5.74) is 2.29. The molecule has 0 atom stereocenters. The second-order valence-electron chi connectivity index (χ2n) is 5.89. The lowest BCUT2D eigenvalue weighted by atomic mass is 10.2. The van der Waals surface area contributed by atoms with Gasteiger partial charge in [0, 0.05) is 24.3 Å². The number of aromatic nitrogens is 2. The van der Waals surface area contributed by atoms with E-state index in [0.29, 0.717) is 30.4 Å². The molecule has 0 spiro atoms. The number of para-hydroxylation sites is 1. The summed E-state index contributed by atoms with van der Waals surface area (Å²) in [4.78, 5) is 22.9. The van der Waals surface area contributed by atoms with Gasteiger partial charge in [-0.1, -0.05) is 18.2 Å². The van der Waals surface area contributed by atoms with Crippen molar-refractivity contribution >= 4 is 34.7 Å². The third-order valence-corrected chi connectivity index (χ3v) is 4.05. The van der Waals surface area contributed by atoms with Crippen LogP contribution in [0.5, 0.6) is 5.75 Å². The second kappa shape index (κ2) is 6.72. The molecule has 0 bridgehead atoms. The van der Waals surface area contributed by atoms with Gasteiger partial charge in [-0.25, -0.2) is 4.98 Å². The van der Waals surface area contributed by atoms with Crippen LogP contribution < -0.4 is 15.5 Å². The van der Waals surface area contributed by atoms with Gasteiger partial charge in [0.1, 0.15) is 11.4 Å². The van der Waals surface area contributed by atoms with Crippen LogP contribution in [-0.4, -0.2) is 27.5 Å². The van der Waals surface area contributed by atoms with Crippen LogP contribution in [0.3, 0.4) is 0 Å². The highest BCUT2D eigenvalue weighted by molar-refractivity contribution is 5.96. The quantitative estimate of drug-likeness (QED) is 0.629. The molecule has 0 unspecified atom stereocenters. The third-order valence-electron chi connectivity index (χ3n) is 4.05. The molecule has 7 nitrogen and oxygen atoms in total. The van der Waals surface area contributed by atoms with Gasteiger partial charge in [-0.05, 0) is 36.4 Å². The second-order valence-corrected chi connectivity index (χ2v) is 5.89. The van der Waals surface area contributed by atoms with Crippen molar-refractivity contribution in [2.45, 2.75) is 6.42 Å². The highest BCUT2D eigenvalue weighted by atomic mass is 16.3. The molecule has 0 saturated carbocycles. The van der Waals surface area contributed by atoms with Gasteiger partial charge < -0.3 is 20.6 Å². The number of nitrogens with one attached hydrogen (secondary N) is 2. The lowest BCUT2D eigenvalue weighted by Crippen LogP contribution is -2.20. The van der Waals surface area contributed by atoms with Gasteiger partial charge in [0.05, 0.1) is 6.20 Å². The Labute approximate surface area is 150 Å². The highest BCUT2D eigenvalue weighted by Gasteiger charge is 2.22. The molecule has 1 aliphatic heterocycles. The average molecular weight is 347 g/mol. The fourth-order valence-electron chi connectivity index (χ4n) is 2.79. The van der Waals surface area contributed by atoms with Crippen LogP contribution in [0.15, 0.2) is 60.8 Å². The fourth-order valence-corrected chi connectivity index (χ4v) is 2.79. The maximum atomic E-state index is 12.0. The number of hydrogen-bond donors (Lipinski definition) is 3. The summed E-state index contributed by atoms with van der Waals surface area (Å²) in [5.74, 6) is 1.17. The summed E-state index contributed by atoms with van der Waals surface area (Å²) in [5, 5.41) is 15.4. The molecular formula is C19H17N5O2. The van der Waals surface area contributed by atoms with Gasteiger partial charge in [0.25, 0.3) is 0 Å². The summed E-state index contributed by atoms with van der Waals surface area (Å²) in [6.07, 6.45) is 1.97. The van der Waals surface area contributed by atoms with E-state index in [0.717, 1.165) is 11.4 Å². The third kappa shape index (κ3) is 3.27. The number of benzene rings is 2. The van der Waals surface area contributed by atoms with E-state index in [1.54, 1.807) is 30.5 Å². The maximum Gasteiger partial charge on any atom is 0.229 e. The number of carbonyl (C=O) groups is 1. The summed E-state index contributed by atoms with van der Waals surface area (Å²) in [6, 6.07) is 16.5. The number of phenols is 1. The molecule has 0 fully saturated rings. The van der Waals surface area contributed by atoms with Gasteiger partial charge >= 0.3 is 0 Å². The van der Waals surface area contributed by atoms with Gasteiger partial charge in [-0.15, -0.1) is 0 Å². The van der Waals surface area contributed by atoms with Crippen LogP contribution in [0.4, 0.5) is 28.8 Å². The predicted octanol–water partition coefficient (Wildman–Crippen LogP) is 3.41. The number of nitrogens with zero attached hydrogens (tertiary/aromatic N) is 3. The van der Waals surface area contributed by atoms with Crippen molar-refractivity contribution in [3.8, 4) is 5.75 Å². The molecule has 1 aromatic heterocycles. The number of fused-ring (bicyclic) bond motifs is 1. The first-order chi connectivity index (χ1) is 12.7. The van der Waals surface area contributed by atoms with Crippen molar-refractivity contribution < 1.29 is 9.90 Å². The number of anilines is 5. The van der Waals surface area contributed by atoms with Crippen molar-refractivity contribution in [3.63, 3.8) is 0 Å². The number of phenolic OH excluding ortho intramolecular Hbond substituents is 1. The van der Waals surface area contributed by atoms with E-state index in [-0.39, 0.29) is 11.7 Å². The van der Waals surface area contributed by atoms with E-state index in [4.69, 9.17) is 0 Å². The minimum absolute atomic E-state index is 0.0625. The molecule has 1 aliphatic rings. The standard InChI is InChI=1S/C19H17N5O2/c25-15-8-6-13(7-9-15)21-19-20-12-16-18(23-19)24(11-10-17(26)22-16)14-4-2-1-3-5-14/h1-9,12,25H,10-11H2,(H,22,26)(H,20,21,23). The highest BCUT2D eigenvalue weighted by Crippen LogP contribution is 2.33. The fraction of sp³-hybridized carbons (Fsp3) is 0.105. The van der Waals surface area contributed by atoms with Gasteiger partial charge in [0.2, 0.25) is 11.9 Å². The predicted molar refractivity (Wildman–Crippen MR) is 100 cm³/mol. The molecule has 7 heteroatoms. The summed E-state index contributed by atoms with van der Waals surface area (Å²) in [7, 11) is 0. The first-order valence-corrected chi connectivity index (χ1v) is 8.24. The van der Waals surface area contributed by atoms with E-state index in [9.17, 15) is 9.90 Å². The van der Waals surface area contributed by atoms with Crippen LogP contribution in [0, 0.1) is 0 Å². The molecule has 4 rings (SSSR count). The monoisotopic (exact) mass is 347 g/mol. The van der Waals surface area contributed by atoms with E-state index < -0.39 is 0 Å². The Hall–Kier alpha value is -3.61. The number of carbonyl (C=O) groups excluding carboxylic acids is 1. The zero-order valence-electron chi connectivity index (χ0n) is 13.9. The Kier molecular flexibility index (Phi) is 4.10. The van der Waals surface area contributed by atoms with Gasteiger partial charge in [-0.3, -0.25) is 4.79 Å². The van der Waals surface area contributed by atoms with Crippen molar-refractivity contribution in [1.29, 1.82) is 0 Å². The molecule has 0 aliphatic carbocycles. The SMILES string of the molecule is O=C1CCN(c2ccccc2)c2nc(Nc3ccc(O)cc3)ncc2N1. The number of rotatable bonds is 3. The Morgan fingerprint density at radius 3 is 2.62 bits per heavy atom. The zero-order chi connectivity index (χ0) is 17.9. The Balaban J connectivity index is 1.71. The normalized spacial score (nSPS) is 13.5. The van der Waals surface area contributed by atoms with Crippen LogP contribution in [0.1, 0.15) is 6.42 Å². The molecular weight excluding hydrogens is 330 g/mol. The molecule has 3 aromatic rings. The Bertz CT molecular complexity index is 928. The average Bonchev–Trinajstić information content (AvgIpc) is 2.82. The largest absolute Gasteiger partial charge is 0.508 e. The number of amides is 1. The summed E-state index contributed by atoms with van der Waals surface area (Å²) >= 11 is 0. The smallest absolute Gasteiger partial charge is 0.229 e. The zero-order valence-corrected chi connectivity index (χ0v) is 13.9. The Morgan fingerprint density at radius 1 is 1.08 bits per heavy atom. The van der Waals surface area contributed by atoms with Crippen molar-refractivity contribution in [1.82, 2.24) is 9.97 Å². The summed E-state index contributed by atoms with van der Waals surface area (Å²) in [6.45, 7) is 0.526. The molecule has 0 radical (unpaired) electrons. The van der Waals surface area contributed by atoms with E-state index in [1.165, 1.54) is 0 Å². The van der Waals surface area contributed by atoms with Crippen molar-refractivity contribution in [2.24, 2.45) is 0 Å². The van der Waals surface area contributed by atoms with E-state index in [1.807, 2.05) is 35.2 Å². The van der Waals surface area contributed by atoms with Gasteiger partial charge in [0.15, 0.2) is 5.82 Å². The molecule has 1 amide bonds. The maximum absolute atomic E-state index is 12.0. The minimum atomic E-state index is -0.0625. The van der Waals surface area contributed by atoms with Crippen LogP contribution in [0.2, 0.25) is 0 Å². The summed E-state index contributed by atoms with van der Waals surface area (Å²) < 4.78 is 0. The molecule has 3 N–H and O–H groups in total. The van der Waals surface area contributed by atoms with Crippen molar-refractivity contribution in [3.05, 3.63) is 60.8 Å². The molecule has 2 aromatic carbocycles. The molecule has 0 saturated heterocycles. The van der Waals surface area contributed by atoms with Crippen LogP contribution in [-0.2, 0) is 4.79 Å². The minimum Gasteiger partial charge on any atom is -0.508 e. The van der Waals surface area contributed by atoms with Crippen LogP contribution in [0.25, 0.3) is 0 Å². The molecule has 2 heterocycles. The van der Waals surface area contributed by atoms with Crippen molar-refractivity contribution in [2.75, 3.05) is 22.1 Å². The lowest BCUT2D eigenvalue weighted by Gasteiger charge is -2.23. The van der Waals surface area contributed by atoms with E-state index >= 15 is 0 Å². The number of aromatic hydroxyl groups is 1. The van der Waals surface area contributed by atoms with E-state index in [2.05, 4.69) is 20.6 Å². The topological polar surface area (TPSA) is 90.4 Å². The molecule has 26 heavy (non-hydrogen) atoms. The van der Waals surface area contributed by atoms with Gasteiger partial charge in [-0.2, -0.15) is 4.98 Å². The van der Waals surface area contributed by atoms with Crippen LogP contribution >= 0.6 is 0 Å². The molecule has 130 valence electrons. The Morgan fingerprint density at radius 2 is 1.85 bits per heavy atom.